The zero-order chi connectivity index (χ0) is 14.2. The molecule has 2 aromatic rings. The lowest BCUT2D eigenvalue weighted by Crippen LogP contribution is -2.20. The molecule has 0 amide bonds. The van der Waals surface area contributed by atoms with Gasteiger partial charge in [0.1, 0.15) is 5.69 Å². The van der Waals surface area contributed by atoms with Gasteiger partial charge in [-0.15, -0.1) is 0 Å². The van der Waals surface area contributed by atoms with Gasteiger partial charge in [0.15, 0.2) is 0 Å². The van der Waals surface area contributed by atoms with Gasteiger partial charge in [0, 0.05) is 18.0 Å². The van der Waals surface area contributed by atoms with Gasteiger partial charge in [-0.25, -0.2) is 4.79 Å². The number of hydrogen-bond acceptors (Lipinski definition) is 3. The fourth-order valence-electron chi connectivity index (χ4n) is 2.53. The van der Waals surface area contributed by atoms with Gasteiger partial charge in [-0.1, -0.05) is 12.1 Å². The highest BCUT2D eigenvalue weighted by atomic mass is 16.5. The maximum absolute atomic E-state index is 12.2. The van der Waals surface area contributed by atoms with Gasteiger partial charge in [0.2, 0.25) is 0 Å². The zero-order valence-electron chi connectivity index (χ0n) is 11.6. The Morgan fingerprint density at radius 3 is 2.53 bits per heavy atom. The van der Waals surface area contributed by atoms with Crippen LogP contribution in [0.15, 0.2) is 18.2 Å². The SMILES string of the molecule is CCOC(=O)C(=O)c1c(C)c2c(C)cccc2n1C. The quantitative estimate of drug-likeness (QED) is 0.483. The third-order valence-electron chi connectivity index (χ3n) is 3.35. The van der Waals surface area contributed by atoms with E-state index in [9.17, 15) is 9.59 Å². The molecule has 0 unspecified atom stereocenters. The maximum atomic E-state index is 12.2. The standard InChI is InChI=1S/C15H17NO3/c1-5-19-15(18)14(17)13-10(3)12-9(2)7-6-8-11(12)16(13)4/h6-8H,5H2,1-4H3. The second-order valence-electron chi connectivity index (χ2n) is 4.55. The summed E-state index contributed by atoms with van der Waals surface area (Å²) in [6.45, 7) is 5.74. The van der Waals surface area contributed by atoms with E-state index in [-0.39, 0.29) is 6.61 Å². The van der Waals surface area contributed by atoms with E-state index in [4.69, 9.17) is 4.74 Å². The number of rotatable bonds is 3. The van der Waals surface area contributed by atoms with Gasteiger partial charge in [-0.2, -0.15) is 0 Å². The number of ketones is 1. The predicted molar refractivity (Wildman–Crippen MR) is 73.4 cm³/mol. The van der Waals surface area contributed by atoms with Crippen LogP contribution in [0.5, 0.6) is 0 Å². The lowest BCUT2D eigenvalue weighted by atomic mass is 10.1. The Balaban J connectivity index is 2.65. The molecule has 0 saturated carbocycles. The van der Waals surface area contributed by atoms with Crippen molar-refractivity contribution in [2.45, 2.75) is 20.8 Å². The summed E-state index contributed by atoms with van der Waals surface area (Å²) < 4.78 is 6.55. The molecule has 1 aromatic carbocycles. The Bertz CT molecular complexity index is 668. The van der Waals surface area contributed by atoms with Crippen molar-refractivity contribution in [1.29, 1.82) is 0 Å². The third kappa shape index (κ3) is 2.03. The Kier molecular flexibility index (Phi) is 3.42. The van der Waals surface area contributed by atoms with E-state index in [1.165, 1.54) is 0 Å². The molecule has 1 aromatic heterocycles. The fraction of sp³-hybridized carbons (Fsp3) is 0.333. The number of Topliss-reactive ketones (excluding diaryl/α,β-unsaturated/α-hetero) is 1. The van der Waals surface area contributed by atoms with Crippen LogP contribution in [-0.2, 0) is 16.6 Å². The lowest BCUT2D eigenvalue weighted by molar-refractivity contribution is -0.137. The van der Waals surface area contributed by atoms with E-state index in [0.717, 1.165) is 22.0 Å². The Labute approximate surface area is 112 Å². The number of hydrogen-bond donors (Lipinski definition) is 0. The molecule has 100 valence electrons. The van der Waals surface area contributed by atoms with Crippen molar-refractivity contribution in [2.24, 2.45) is 7.05 Å². The first-order valence-electron chi connectivity index (χ1n) is 6.25. The van der Waals surface area contributed by atoms with Crippen LogP contribution in [0, 0.1) is 13.8 Å². The van der Waals surface area contributed by atoms with E-state index in [0.29, 0.717) is 5.69 Å². The van der Waals surface area contributed by atoms with Crippen LogP contribution in [-0.4, -0.2) is 22.9 Å². The summed E-state index contributed by atoms with van der Waals surface area (Å²) >= 11 is 0. The number of esters is 1. The normalized spacial score (nSPS) is 10.7. The van der Waals surface area contributed by atoms with Gasteiger partial charge >= 0.3 is 5.97 Å². The van der Waals surface area contributed by atoms with Crippen LogP contribution in [0.25, 0.3) is 10.9 Å². The van der Waals surface area contributed by atoms with E-state index >= 15 is 0 Å². The van der Waals surface area contributed by atoms with Crippen molar-refractivity contribution in [3.63, 3.8) is 0 Å². The van der Waals surface area contributed by atoms with E-state index in [1.54, 1.807) is 18.5 Å². The second-order valence-corrected chi connectivity index (χ2v) is 4.55. The Morgan fingerprint density at radius 2 is 1.95 bits per heavy atom. The average molecular weight is 259 g/mol. The van der Waals surface area contributed by atoms with Crippen LogP contribution in [0.2, 0.25) is 0 Å². The number of carbonyl (C=O) groups excluding carboxylic acids is 2. The number of ether oxygens (including phenoxy) is 1. The summed E-state index contributed by atoms with van der Waals surface area (Å²) in [5.74, 6) is -1.38. The molecule has 19 heavy (non-hydrogen) atoms. The summed E-state index contributed by atoms with van der Waals surface area (Å²) in [6.07, 6.45) is 0. The second kappa shape index (κ2) is 4.88. The van der Waals surface area contributed by atoms with Gasteiger partial charge in [0.05, 0.1) is 6.61 Å². The minimum Gasteiger partial charge on any atom is -0.460 e. The first-order valence-corrected chi connectivity index (χ1v) is 6.25. The average Bonchev–Trinajstić information content (AvgIpc) is 2.62. The summed E-state index contributed by atoms with van der Waals surface area (Å²) in [5.41, 5.74) is 3.27. The molecule has 0 spiro atoms. The molecule has 0 aliphatic rings. The lowest BCUT2D eigenvalue weighted by Gasteiger charge is -2.04. The monoisotopic (exact) mass is 259 g/mol. The van der Waals surface area contributed by atoms with Gasteiger partial charge in [-0.05, 0) is 38.0 Å². The van der Waals surface area contributed by atoms with Crippen molar-refractivity contribution in [2.75, 3.05) is 6.61 Å². The Morgan fingerprint density at radius 1 is 1.26 bits per heavy atom. The topological polar surface area (TPSA) is 48.3 Å². The number of fused-ring (bicyclic) bond motifs is 1. The van der Waals surface area contributed by atoms with Crippen LogP contribution in [0.1, 0.15) is 28.5 Å². The van der Waals surface area contributed by atoms with Gasteiger partial charge < -0.3 is 9.30 Å². The summed E-state index contributed by atoms with van der Waals surface area (Å²) in [4.78, 5) is 23.8. The number of carbonyl (C=O) groups is 2. The highest BCUT2D eigenvalue weighted by molar-refractivity contribution is 6.41. The molecule has 0 N–H and O–H groups in total. The molecule has 0 fully saturated rings. The van der Waals surface area contributed by atoms with E-state index in [1.807, 2.05) is 32.0 Å². The highest BCUT2D eigenvalue weighted by Gasteiger charge is 2.25. The smallest absolute Gasteiger partial charge is 0.381 e. The molecule has 0 aliphatic carbocycles. The molecule has 2 rings (SSSR count). The zero-order valence-corrected chi connectivity index (χ0v) is 11.6. The van der Waals surface area contributed by atoms with Gasteiger partial charge in [0.25, 0.3) is 5.78 Å². The van der Waals surface area contributed by atoms with Crippen LogP contribution < -0.4 is 0 Å². The molecule has 4 nitrogen and oxygen atoms in total. The van der Waals surface area contributed by atoms with E-state index in [2.05, 4.69) is 0 Å². The molecule has 0 atom stereocenters. The van der Waals surface area contributed by atoms with Gasteiger partial charge in [-0.3, -0.25) is 4.79 Å². The summed E-state index contributed by atoms with van der Waals surface area (Å²) in [7, 11) is 1.79. The molecule has 1 heterocycles. The highest BCUT2D eigenvalue weighted by Crippen LogP contribution is 2.27. The first-order chi connectivity index (χ1) is 8.99. The van der Waals surface area contributed by atoms with Crippen molar-refractivity contribution in [3.05, 3.63) is 35.0 Å². The fourth-order valence-corrected chi connectivity index (χ4v) is 2.53. The van der Waals surface area contributed by atoms with Crippen LogP contribution in [0.4, 0.5) is 0 Å². The number of aromatic nitrogens is 1. The molecular weight excluding hydrogens is 242 g/mol. The Hall–Kier alpha value is -2.10. The molecule has 0 radical (unpaired) electrons. The molecule has 0 saturated heterocycles. The molecule has 0 aliphatic heterocycles. The maximum Gasteiger partial charge on any atom is 0.381 e. The number of nitrogens with zero attached hydrogens (tertiary/aromatic N) is 1. The summed E-state index contributed by atoms with van der Waals surface area (Å²) in [5, 5.41) is 1.03. The number of benzene rings is 1. The molecule has 0 bridgehead atoms. The largest absolute Gasteiger partial charge is 0.460 e. The van der Waals surface area contributed by atoms with Crippen molar-refractivity contribution >= 4 is 22.7 Å². The van der Waals surface area contributed by atoms with Crippen molar-refractivity contribution in [1.82, 2.24) is 4.57 Å². The first kappa shape index (κ1) is 13.3. The third-order valence-corrected chi connectivity index (χ3v) is 3.35. The summed E-state index contributed by atoms with van der Waals surface area (Å²) in [6, 6.07) is 5.88. The predicted octanol–water partition coefficient (Wildman–Crippen LogP) is 2.54. The van der Waals surface area contributed by atoms with Crippen LogP contribution >= 0.6 is 0 Å². The van der Waals surface area contributed by atoms with E-state index < -0.39 is 11.8 Å². The minimum atomic E-state index is -0.797. The van der Waals surface area contributed by atoms with Crippen molar-refractivity contribution < 1.29 is 14.3 Å². The molecular formula is C15H17NO3. The minimum absolute atomic E-state index is 0.201. The number of aryl methyl sites for hydroxylation is 3. The van der Waals surface area contributed by atoms with Crippen molar-refractivity contribution in [3.8, 4) is 0 Å². The van der Waals surface area contributed by atoms with Crippen LogP contribution in [0.3, 0.4) is 0 Å². The molecule has 4 heteroatoms.